The fourth-order valence-corrected chi connectivity index (χ4v) is 5.29. The van der Waals surface area contributed by atoms with Crippen molar-refractivity contribution in [3.63, 3.8) is 0 Å². The third kappa shape index (κ3) is 4.99. The molecule has 27 heavy (non-hydrogen) atoms. The molecule has 1 atom stereocenters. The van der Waals surface area contributed by atoms with Crippen LogP contribution in [0.25, 0.3) is 0 Å². The third-order valence-corrected chi connectivity index (χ3v) is 7.08. The van der Waals surface area contributed by atoms with Crippen LogP contribution in [-0.4, -0.2) is 33.6 Å². The second-order valence-electron chi connectivity index (χ2n) is 7.48. The van der Waals surface area contributed by atoms with Crippen molar-refractivity contribution in [3.8, 4) is 0 Å². The van der Waals surface area contributed by atoms with Crippen molar-refractivity contribution in [2.45, 2.75) is 67.2 Å². The molecule has 2 aromatic rings. The number of hydrogen-bond acceptors (Lipinski definition) is 3. The summed E-state index contributed by atoms with van der Waals surface area (Å²) in [6.45, 7) is 0. The molecule has 1 fully saturated rings. The zero-order chi connectivity index (χ0) is 18.6. The normalized spacial score (nSPS) is 24.9. The number of urea groups is 1. The Balaban J connectivity index is 1.19. The number of carbonyl (C=O) groups is 1. The van der Waals surface area contributed by atoms with E-state index in [9.17, 15) is 4.79 Å². The highest BCUT2D eigenvalue weighted by Gasteiger charge is 2.25. The second kappa shape index (κ2) is 8.57. The van der Waals surface area contributed by atoms with Crippen molar-refractivity contribution in [2.75, 3.05) is 0 Å². The Bertz CT molecular complexity index is 771. The fourth-order valence-electron chi connectivity index (χ4n) is 3.98. The first kappa shape index (κ1) is 18.7. The standard InChI is InChI=1S/C20H25ClN4OS/c21-14-1-6-17(7-2-14)27-18-8-3-15(4-9-18)23-20(26)24-16-5-10-19-13(11-16)12-22-25-19/h1-2,6-7,12,15-16,18H,3-5,8-11H2,(H,22,25)(H2,23,24,26). The van der Waals surface area contributed by atoms with E-state index >= 15 is 0 Å². The number of amides is 2. The summed E-state index contributed by atoms with van der Waals surface area (Å²) < 4.78 is 0. The van der Waals surface area contributed by atoms with E-state index in [0.29, 0.717) is 5.25 Å². The predicted octanol–water partition coefficient (Wildman–Crippen LogP) is 4.32. The van der Waals surface area contributed by atoms with Gasteiger partial charge in [0.1, 0.15) is 0 Å². The van der Waals surface area contributed by atoms with Crippen LogP contribution < -0.4 is 10.6 Å². The molecule has 3 N–H and O–H groups in total. The number of fused-ring (bicyclic) bond motifs is 1. The van der Waals surface area contributed by atoms with E-state index in [0.717, 1.165) is 50.0 Å². The molecule has 5 nitrogen and oxygen atoms in total. The summed E-state index contributed by atoms with van der Waals surface area (Å²) in [5.74, 6) is 0. The van der Waals surface area contributed by atoms with Gasteiger partial charge in [0.05, 0.1) is 6.20 Å². The van der Waals surface area contributed by atoms with E-state index in [4.69, 9.17) is 11.6 Å². The molecule has 4 rings (SSSR count). The van der Waals surface area contributed by atoms with Crippen molar-refractivity contribution >= 4 is 29.4 Å². The van der Waals surface area contributed by atoms with Crippen molar-refractivity contribution in [1.82, 2.24) is 20.8 Å². The predicted molar refractivity (Wildman–Crippen MR) is 109 cm³/mol. The van der Waals surface area contributed by atoms with Crippen LogP contribution in [0.2, 0.25) is 5.02 Å². The van der Waals surface area contributed by atoms with Crippen LogP contribution in [-0.2, 0) is 12.8 Å². The molecule has 0 spiro atoms. The van der Waals surface area contributed by atoms with Gasteiger partial charge < -0.3 is 10.6 Å². The third-order valence-electron chi connectivity index (χ3n) is 5.48. The van der Waals surface area contributed by atoms with E-state index in [2.05, 4.69) is 33.0 Å². The van der Waals surface area contributed by atoms with Crippen LogP contribution in [0.15, 0.2) is 35.4 Å². The van der Waals surface area contributed by atoms with Crippen molar-refractivity contribution in [3.05, 3.63) is 46.7 Å². The first-order chi connectivity index (χ1) is 13.2. The molecule has 1 heterocycles. The lowest BCUT2D eigenvalue weighted by Crippen LogP contribution is -2.48. The molecule has 0 aliphatic heterocycles. The number of aromatic nitrogens is 2. The summed E-state index contributed by atoms with van der Waals surface area (Å²) in [4.78, 5) is 13.6. The fraction of sp³-hybridized carbons (Fsp3) is 0.500. The van der Waals surface area contributed by atoms with Gasteiger partial charge in [-0.1, -0.05) is 11.6 Å². The molecule has 2 aliphatic rings. The molecular weight excluding hydrogens is 380 g/mol. The smallest absolute Gasteiger partial charge is 0.315 e. The Labute approximate surface area is 169 Å². The Hall–Kier alpha value is -1.66. The quantitative estimate of drug-likeness (QED) is 0.710. The van der Waals surface area contributed by atoms with Crippen molar-refractivity contribution < 1.29 is 4.79 Å². The Morgan fingerprint density at radius 3 is 2.59 bits per heavy atom. The highest BCUT2D eigenvalue weighted by atomic mass is 35.5. The molecule has 144 valence electrons. The van der Waals surface area contributed by atoms with E-state index in [1.807, 2.05) is 30.1 Å². The zero-order valence-electron chi connectivity index (χ0n) is 15.2. The van der Waals surface area contributed by atoms with Crippen LogP contribution >= 0.6 is 23.4 Å². The number of halogens is 1. The van der Waals surface area contributed by atoms with Gasteiger partial charge in [-0.2, -0.15) is 5.10 Å². The summed E-state index contributed by atoms with van der Waals surface area (Å²) in [7, 11) is 0. The molecule has 0 saturated heterocycles. The average molecular weight is 405 g/mol. The number of nitrogens with zero attached hydrogens (tertiary/aromatic N) is 1. The lowest BCUT2D eigenvalue weighted by atomic mass is 9.93. The highest BCUT2D eigenvalue weighted by Crippen LogP contribution is 2.34. The highest BCUT2D eigenvalue weighted by molar-refractivity contribution is 8.00. The Morgan fingerprint density at radius 2 is 1.81 bits per heavy atom. The number of carbonyl (C=O) groups excluding carboxylic acids is 1. The van der Waals surface area contributed by atoms with E-state index in [1.54, 1.807) is 0 Å². The number of aryl methyl sites for hydroxylation is 1. The summed E-state index contributed by atoms with van der Waals surface area (Å²) in [6.07, 6.45) is 8.98. The number of H-pyrrole nitrogens is 1. The van der Waals surface area contributed by atoms with Gasteiger partial charge in [-0.05, 0) is 74.8 Å². The SMILES string of the molecule is O=C(NC1CCC(Sc2ccc(Cl)cc2)CC1)NC1CCc2[nH]ncc2C1. The molecule has 0 bridgehead atoms. The van der Waals surface area contributed by atoms with Gasteiger partial charge in [0, 0.05) is 32.9 Å². The number of aromatic amines is 1. The van der Waals surface area contributed by atoms with E-state index in [1.165, 1.54) is 16.2 Å². The molecule has 1 unspecified atom stereocenters. The minimum Gasteiger partial charge on any atom is -0.335 e. The average Bonchev–Trinajstić information content (AvgIpc) is 3.13. The summed E-state index contributed by atoms with van der Waals surface area (Å²) >= 11 is 7.87. The lowest BCUT2D eigenvalue weighted by molar-refractivity contribution is 0.227. The van der Waals surface area contributed by atoms with E-state index in [-0.39, 0.29) is 18.1 Å². The Morgan fingerprint density at radius 1 is 1.07 bits per heavy atom. The number of thioether (sulfide) groups is 1. The van der Waals surface area contributed by atoms with Gasteiger partial charge in [0.25, 0.3) is 0 Å². The maximum atomic E-state index is 12.4. The van der Waals surface area contributed by atoms with Gasteiger partial charge in [0.15, 0.2) is 0 Å². The summed E-state index contributed by atoms with van der Waals surface area (Å²) in [5.41, 5.74) is 2.44. The van der Waals surface area contributed by atoms with Crippen LogP contribution in [0.1, 0.15) is 43.4 Å². The van der Waals surface area contributed by atoms with Gasteiger partial charge in [0.2, 0.25) is 0 Å². The second-order valence-corrected chi connectivity index (χ2v) is 9.29. The Kier molecular flexibility index (Phi) is 5.93. The maximum Gasteiger partial charge on any atom is 0.315 e. The van der Waals surface area contributed by atoms with E-state index < -0.39 is 0 Å². The minimum absolute atomic E-state index is 0.0271. The first-order valence-electron chi connectivity index (χ1n) is 9.66. The zero-order valence-corrected chi connectivity index (χ0v) is 16.8. The topological polar surface area (TPSA) is 69.8 Å². The van der Waals surface area contributed by atoms with Crippen molar-refractivity contribution in [1.29, 1.82) is 0 Å². The lowest BCUT2D eigenvalue weighted by Gasteiger charge is -2.30. The summed E-state index contributed by atoms with van der Waals surface area (Å²) in [6, 6.07) is 8.51. The molecule has 1 aromatic heterocycles. The van der Waals surface area contributed by atoms with Crippen LogP contribution in [0, 0.1) is 0 Å². The maximum absolute atomic E-state index is 12.4. The van der Waals surface area contributed by atoms with Crippen LogP contribution in [0.3, 0.4) is 0 Å². The molecule has 2 aliphatic carbocycles. The molecular formula is C20H25ClN4OS. The molecule has 2 amide bonds. The van der Waals surface area contributed by atoms with Crippen LogP contribution in [0.5, 0.6) is 0 Å². The number of rotatable bonds is 4. The van der Waals surface area contributed by atoms with Gasteiger partial charge >= 0.3 is 6.03 Å². The van der Waals surface area contributed by atoms with Crippen molar-refractivity contribution in [2.24, 2.45) is 0 Å². The van der Waals surface area contributed by atoms with Gasteiger partial charge in [-0.3, -0.25) is 5.10 Å². The molecule has 0 radical (unpaired) electrons. The first-order valence-corrected chi connectivity index (χ1v) is 10.9. The molecule has 1 aromatic carbocycles. The molecule has 7 heteroatoms. The largest absolute Gasteiger partial charge is 0.335 e. The number of hydrogen-bond donors (Lipinski definition) is 3. The van der Waals surface area contributed by atoms with Gasteiger partial charge in [-0.15, -0.1) is 11.8 Å². The van der Waals surface area contributed by atoms with Crippen LogP contribution in [0.4, 0.5) is 4.79 Å². The van der Waals surface area contributed by atoms with Gasteiger partial charge in [-0.25, -0.2) is 4.79 Å². The molecule has 1 saturated carbocycles. The number of nitrogens with one attached hydrogen (secondary N) is 3. The number of benzene rings is 1. The minimum atomic E-state index is -0.0271. The summed E-state index contributed by atoms with van der Waals surface area (Å²) in [5, 5.41) is 14.8. The monoisotopic (exact) mass is 404 g/mol.